The molecule has 5 heteroatoms. The quantitative estimate of drug-likeness (QED) is 0.702. The molecule has 3 aliphatic rings. The molecule has 0 aliphatic carbocycles. The summed E-state index contributed by atoms with van der Waals surface area (Å²) >= 11 is 0. The first-order chi connectivity index (χ1) is 16.4. The molecule has 2 aromatic rings. The van der Waals surface area contributed by atoms with Crippen LogP contribution in [0, 0.1) is 11.8 Å². The average Bonchev–Trinajstić information content (AvgIpc) is 2.86. The number of hydrogen-bond acceptors (Lipinski definition) is 3. The van der Waals surface area contributed by atoms with E-state index in [1.165, 1.54) is 11.1 Å². The molecule has 0 radical (unpaired) electrons. The monoisotopic (exact) mass is 459 g/mol. The minimum Gasteiger partial charge on any atom is -0.335 e. The molecule has 0 aromatic heterocycles. The van der Waals surface area contributed by atoms with Crippen LogP contribution in [0.5, 0.6) is 0 Å². The molecule has 3 aliphatic heterocycles. The van der Waals surface area contributed by atoms with E-state index < -0.39 is 0 Å². The summed E-state index contributed by atoms with van der Waals surface area (Å²) in [6.07, 6.45) is 3.89. The second kappa shape index (κ2) is 9.53. The lowest BCUT2D eigenvalue weighted by atomic mass is 9.77. The first-order valence-corrected chi connectivity index (χ1v) is 13.0. The highest BCUT2D eigenvalue weighted by Gasteiger charge is 2.45. The van der Waals surface area contributed by atoms with Gasteiger partial charge in [0.25, 0.3) is 5.91 Å². The SMILES string of the molecule is CC(C)CN(C(=O)c1ccc2c(c1)CCN1C(=O)[C@@H]3CCCN[C@@H]3C[C@@H]21)[C@H](C)c1ccccc1. The Bertz CT molecular complexity index is 1050. The molecule has 0 saturated carbocycles. The van der Waals surface area contributed by atoms with Crippen molar-refractivity contribution < 1.29 is 9.59 Å². The lowest BCUT2D eigenvalue weighted by molar-refractivity contribution is -0.145. The van der Waals surface area contributed by atoms with Crippen molar-refractivity contribution in [1.82, 2.24) is 15.1 Å². The fraction of sp³-hybridized carbons (Fsp3) is 0.517. The zero-order valence-electron chi connectivity index (χ0n) is 20.7. The van der Waals surface area contributed by atoms with Crippen molar-refractivity contribution in [3.8, 4) is 0 Å². The van der Waals surface area contributed by atoms with Crippen LogP contribution >= 0.6 is 0 Å². The Morgan fingerprint density at radius 3 is 2.71 bits per heavy atom. The van der Waals surface area contributed by atoms with Gasteiger partial charge in [-0.3, -0.25) is 9.59 Å². The molecule has 4 atom stereocenters. The van der Waals surface area contributed by atoms with E-state index in [1.807, 2.05) is 29.2 Å². The highest BCUT2D eigenvalue weighted by atomic mass is 16.2. The minimum atomic E-state index is 0.00731. The highest BCUT2D eigenvalue weighted by Crippen LogP contribution is 2.41. The van der Waals surface area contributed by atoms with Crippen molar-refractivity contribution in [2.24, 2.45) is 11.8 Å². The van der Waals surface area contributed by atoms with Gasteiger partial charge in [0.05, 0.1) is 18.0 Å². The van der Waals surface area contributed by atoms with E-state index in [2.05, 4.69) is 55.3 Å². The molecule has 2 amide bonds. The van der Waals surface area contributed by atoms with Crippen molar-refractivity contribution >= 4 is 11.8 Å². The van der Waals surface area contributed by atoms with E-state index >= 15 is 0 Å². The normalized spacial score (nSPS) is 24.8. The third-order valence-corrected chi connectivity index (χ3v) is 7.98. The van der Waals surface area contributed by atoms with Gasteiger partial charge in [-0.25, -0.2) is 0 Å². The number of hydrogen-bond donors (Lipinski definition) is 1. The summed E-state index contributed by atoms with van der Waals surface area (Å²) in [6.45, 7) is 8.91. The Hall–Kier alpha value is -2.66. The Kier molecular flexibility index (Phi) is 6.48. The van der Waals surface area contributed by atoms with Gasteiger partial charge in [-0.05, 0) is 73.9 Å². The molecule has 34 heavy (non-hydrogen) atoms. The van der Waals surface area contributed by atoms with Gasteiger partial charge in [0.15, 0.2) is 0 Å². The van der Waals surface area contributed by atoms with Crippen LogP contribution in [0.1, 0.15) is 79.2 Å². The topological polar surface area (TPSA) is 52.7 Å². The maximum Gasteiger partial charge on any atom is 0.254 e. The van der Waals surface area contributed by atoms with E-state index in [1.54, 1.807) is 0 Å². The maximum atomic E-state index is 13.8. The minimum absolute atomic E-state index is 0.00731. The average molecular weight is 460 g/mol. The van der Waals surface area contributed by atoms with Gasteiger partial charge < -0.3 is 15.1 Å². The molecule has 0 bridgehead atoms. The van der Waals surface area contributed by atoms with Gasteiger partial charge in [0.2, 0.25) is 5.91 Å². The van der Waals surface area contributed by atoms with Gasteiger partial charge in [0, 0.05) is 24.7 Å². The number of nitrogens with one attached hydrogen (secondary N) is 1. The van der Waals surface area contributed by atoms with Crippen LogP contribution < -0.4 is 5.32 Å². The van der Waals surface area contributed by atoms with Crippen LogP contribution in [0.2, 0.25) is 0 Å². The molecule has 2 fully saturated rings. The smallest absolute Gasteiger partial charge is 0.254 e. The van der Waals surface area contributed by atoms with E-state index in [-0.39, 0.29) is 30.0 Å². The van der Waals surface area contributed by atoms with Crippen molar-refractivity contribution in [2.45, 2.75) is 64.6 Å². The Morgan fingerprint density at radius 1 is 1.15 bits per heavy atom. The van der Waals surface area contributed by atoms with Crippen LogP contribution in [0.4, 0.5) is 0 Å². The molecule has 2 saturated heterocycles. The third-order valence-electron chi connectivity index (χ3n) is 7.98. The van der Waals surface area contributed by atoms with Gasteiger partial charge in [-0.1, -0.05) is 50.2 Å². The second-order valence-electron chi connectivity index (χ2n) is 10.7. The molecular formula is C29H37N3O2. The van der Waals surface area contributed by atoms with Crippen molar-refractivity contribution in [2.75, 3.05) is 19.6 Å². The number of piperidine rings is 2. The first-order valence-electron chi connectivity index (χ1n) is 13.0. The van der Waals surface area contributed by atoms with Crippen LogP contribution in [-0.4, -0.2) is 47.3 Å². The number of nitrogens with zero attached hydrogens (tertiary/aromatic N) is 2. The summed E-state index contributed by atoms with van der Waals surface area (Å²) in [7, 11) is 0. The largest absolute Gasteiger partial charge is 0.335 e. The Morgan fingerprint density at radius 2 is 1.94 bits per heavy atom. The summed E-state index contributed by atoms with van der Waals surface area (Å²) in [4.78, 5) is 31.1. The van der Waals surface area contributed by atoms with Crippen LogP contribution in [0.15, 0.2) is 48.5 Å². The van der Waals surface area contributed by atoms with E-state index in [4.69, 9.17) is 0 Å². The maximum absolute atomic E-state index is 13.8. The first kappa shape index (κ1) is 23.1. The number of carbonyl (C=O) groups is 2. The summed E-state index contributed by atoms with van der Waals surface area (Å²) < 4.78 is 0. The zero-order chi connectivity index (χ0) is 23.8. The molecule has 2 aromatic carbocycles. The molecule has 1 N–H and O–H groups in total. The molecule has 5 rings (SSSR count). The fourth-order valence-corrected chi connectivity index (χ4v) is 6.20. The number of amides is 2. The second-order valence-corrected chi connectivity index (χ2v) is 10.7. The summed E-state index contributed by atoms with van der Waals surface area (Å²) in [6, 6.07) is 16.9. The van der Waals surface area contributed by atoms with Crippen LogP contribution in [-0.2, 0) is 11.2 Å². The van der Waals surface area contributed by atoms with Crippen LogP contribution in [0.3, 0.4) is 0 Å². The number of benzene rings is 2. The molecule has 3 heterocycles. The van der Waals surface area contributed by atoms with Crippen molar-refractivity contribution in [1.29, 1.82) is 0 Å². The number of carbonyl (C=O) groups excluding carboxylic acids is 2. The summed E-state index contributed by atoms with van der Waals surface area (Å²) in [5, 5.41) is 3.60. The van der Waals surface area contributed by atoms with E-state index in [0.717, 1.165) is 49.9 Å². The van der Waals surface area contributed by atoms with Gasteiger partial charge in [-0.2, -0.15) is 0 Å². The summed E-state index contributed by atoms with van der Waals surface area (Å²) in [5.74, 6) is 0.921. The van der Waals surface area contributed by atoms with Crippen molar-refractivity contribution in [3.63, 3.8) is 0 Å². The molecule has 0 spiro atoms. The van der Waals surface area contributed by atoms with Gasteiger partial charge in [-0.15, -0.1) is 0 Å². The molecule has 180 valence electrons. The third kappa shape index (κ3) is 4.26. The Balaban J connectivity index is 1.41. The fourth-order valence-electron chi connectivity index (χ4n) is 6.20. The molecule has 5 nitrogen and oxygen atoms in total. The predicted octanol–water partition coefficient (Wildman–Crippen LogP) is 4.74. The van der Waals surface area contributed by atoms with E-state index in [9.17, 15) is 9.59 Å². The lowest BCUT2D eigenvalue weighted by Gasteiger charge is -2.48. The Labute approximate surface area is 203 Å². The lowest BCUT2D eigenvalue weighted by Crippen LogP contribution is -2.57. The molecular weight excluding hydrogens is 422 g/mol. The zero-order valence-corrected chi connectivity index (χ0v) is 20.7. The van der Waals surface area contributed by atoms with Crippen LogP contribution in [0.25, 0.3) is 0 Å². The number of rotatable bonds is 5. The highest BCUT2D eigenvalue weighted by molar-refractivity contribution is 5.95. The van der Waals surface area contributed by atoms with Crippen molar-refractivity contribution in [3.05, 3.63) is 70.8 Å². The van der Waals surface area contributed by atoms with Gasteiger partial charge >= 0.3 is 0 Å². The molecule has 0 unspecified atom stereocenters. The number of fused-ring (bicyclic) bond motifs is 4. The predicted molar refractivity (Wildman–Crippen MR) is 134 cm³/mol. The standard InChI is InChI=1S/C29H37N3O2/c1-19(2)18-32(20(3)21-8-5-4-6-9-21)28(33)23-11-12-24-22(16-23)13-15-31-27(24)17-26-25(29(31)34)10-7-14-30-26/h4-6,8-9,11-12,16,19-20,25-27,30H,7,10,13-15,17-18H2,1-3H3/t20-,25-,26-,27+/m1/s1. The summed E-state index contributed by atoms with van der Waals surface area (Å²) in [5.41, 5.74) is 4.37. The van der Waals surface area contributed by atoms with E-state index in [0.29, 0.717) is 18.4 Å². The van der Waals surface area contributed by atoms with Gasteiger partial charge in [0.1, 0.15) is 0 Å².